The summed E-state index contributed by atoms with van der Waals surface area (Å²) in [5.41, 5.74) is -0.0877. The molecule has 0 bridgehead atoms. The molecule has 1 saturated heterocycles. The molecule has 1 aliphatic heterocycles. The first-order valence-electron chi connectivity index (χ1n) is 13.3. The Morgan fingerprint density at radius 3 is 1.39 bits per heavy atom. The zero-order chi connectivity index (χ0) is 33.4. The summed E-state index contributed by atoms with van der Waals surface area (Å²) in [6.07, 6.45) is 0. The molecular weight excluding hydrogens is 646 g/mol. The molecule has 0 amide bonds. The first-order chi connectivity index (χ1) is 21.0. The summed E-state index contributed by atoms with van der Waals surface area (Å²) in [4.78, 5) is 20.6. The van der Waals surface area contributed by atoms with Crippen LogP contribution in [-0.4, -0.2) is 45.3 Å². The van der Waals surface area contributed by atoms with Gasteiger partial charge in [-0.05, 0) is 80.6 Å². The molecular formula is C30H30BN2NaO10S2. The molecule has 0 spiro atoms. The maximum Gasteiger partial charge on any atom is 1.00 e. The Kier molecular flexibility index (Phi) is 14.0. The van der Waals surface area contributed by atoms with Crippen molar-refractivity contribution in [1.29, 1.82) is 0 Å². The first kappa shape index (κ1) is 38.9. The summed E-state index contributed by atoms with van der Waals surface area (Å²) in [7, 11) is -4.08. The summed E-state index contributed by atoms with van der Waals surface area (Å²) in [5.74, 6) is 0. The van der Waals surface area contributed by atoms with Gasteiger partial charge in [0, 0.05) is 29.2 Å². The molecule has 0 aromatic heterocycles. The summed E-state index contributed by atoms with van der Waals surface area (Å²) in [6.45, 7) is 7.88. The first-order valence-corrected chi connectivity index (χ1v) is 15.9. The minimum absolute atomic E-state index is 0. The third-order valence-corrected chi connectivity index (χ3v) is 9.42. The van der Waals surface area contributed by atoms with Crippen LogP contribution in [0, 0.1) is 20.2 Å². The van der Waals surface area contributed by atoms with Crippen LogP contribution in [0.15, 0.2) is 124 Å². The average Bonchev–Trinajstić information content (AvgIpc) is 3.24. The number of benzene rings is 4. The maximum absolute atomic E-state index is 12.1. The fraction of sp³-hybridized carbons (Fsp3) is 0.200. The number of sulfone groups is 1. The zero-order valence-electron chi connectivity index (χ0n) is 25.8. The summed E-state index contributed by atoms with van der Waals surface area (Å²) in [6, 6.07) is 27.2. The van der Waals surface area contributed by atoms with Crippen LogP contribution in [0.2, 0.25) is 0 Å². The van der Waals surface area contributed by atoms with Crippen LogP contribution in [0.4, 0.5) is 11.4 Å². The minimum atomic E-state index is -3.60. The van der Waals surface area contributed by atoms with Crippen LogP contribution in [0.1, 0.15) is 27.7 Å². The van der Waals surface area contributed by atoms with Gasteiger partial charge in [0.25, 0.3) is 11.4 Å². The Hall–Kier alpha value is -3.28. The monoisotopic (exact) mass is 676 g/mol. The van der Waals surface area contributed by atoms with Crippen LogP contribution < -0.4 is 35.0 Å². The second-order valence-electron chi connectivity index (χ2n) is 10.6. The predicted octanol–water partition coefficient (Wildman–Crippen LogP) is 2.25. The molecule has 0 aliphatic carbocycles. The van der Waals surface area contributed by atoms with Gasteiger partial charge in [-0.15, -0.1) is 0 Å². The Balaban J connectivity index is 0.000000251. The van der Waals surface area contributed by atoms with Gasteiger partial charge in [-0.1, -0.05) is 48.5 Å². The molecule has 5 rings (SSSR count). The standard InChI is InChI=1S/C12H16BNO4.C12H9NO4S.C6H6O2S.Na/c1-11(2)12(3,4)18-13(17-11)9-5-7-10(8-6-9)14(15)16;14-13(15)10-6-8-12(9-7-10)18(16,17)11-4-2-1-3-5-11;7-9(8)6-4-2-1-3-5-6;/h5-8H,1-4H3;1-9H;1-5H,(H,7,8);/q;;;+1/p-1. The SMILES string of the molecule is CC1(C)OB(c2ccc([N+](=O)[O-])cc2)OC1(C)C.O=S([O-])c1ccccc1.O=[N+]([O-])c1ccc(S(=O)(=O)c2ccccc2)cc1.[Na+]. The number of nitrogens with zero attached hydrogens (tertiary/aromatic N) is 2. The second-order valence-corrected chi connectivity index (χ2v) is 13.4. The van der Waals surface area contributed by atoms with Gasteiger partial charge < -0.3 is 13.9 Å². The minimum Gasteiger partial charge on any atom is -0.768 e. The second kappa shape index (κ2) is 16.5. The van der Waals surface area contributed by atoms with Crippen molar-refractivity contribution < 1.29 is 65.9 Å². The predicted molar refractivity (Wildman–Crippen MR) is 167 cm³/mol. The molecule has 0 radical (unpaired) electrons. The van der Waals surface area contributed by atoms with Crippen molar-refractivity contribution >= 4 is 44.9 Å². The molecule has 1 unspecified atom stereocenters. The fourth-order valence-electron chi connectivity index (χ4n) is 3.75. The molecule has 236 valence electrons. The van der Waals surface area contributed by atoms with Crippen molar-refractivity contribution in [3.8, 4) is 0 Å². The van der Waals surface area contributed by atoms with Gasteiger partial charge in [0.2, 0.25) is 9.84 Å². The third kappa shape index (κ3) is 10.1. The van der Waals surface area contributed by atoms with E-state index in [9.17, 15) is 37.4 Å². The molecule has 0 saturated carbocycles. The van der Waals surface area contributed by atoms with Crippen molar-refractivity contribution in [2.45, 2.75) is 53.6 Å². The number of rotatable bonds is 6. The molecule has 4 aromatic rings. The van der Waals surface area contributed by atoms with Crippen LogP contribution in [0.25, 0.3) is 0 Å². The van der Waals surface area contributed by atoms with E-state index >= 15 is 0 Å². The van der Waals surface area contributed by atoms with Crippen molar-refractivity contribution in [1.82, 2.24) is 0 Å². The van der Waals surface area contributed by atoms with Gasteiger partial charge >= 0.3 is 36.7 Å². The Labute approximate surface area is 292 Å². The molecule has 0 N–H and O–H groups in total. The Morgan fingerprint density at radius 2 is 1.02 bits per heavy atom. The maximum atomic E-state index is 12.1. The van der Waals surface area contributed by atoms with Gasteiger partial charge in [-0.3, -0.25) is 24.4 Å². The van der Waals surface area contributed by atoms with Crippen molar-refractivity contribution in [2.24, 2.45) is 0 Å². The molecule has 1 aliphatic rings. The van der Waals surface area contributed by atoms with E-state index in [-0.39, 0.29) is 50.7 Å². The average molecular weight is 677 g/mol. The van der Waals surface area contributed by atoms with Crippen LogP contribution in [0.3, 0.4) is 0 Å². The Bertz CT molecular complexity index is 1730. The summed E-state index contributed by atoms with van der Waals surface area (Å²) < 4.78 is 56.4. The van der Waals surface area contributed by atoms with E-state index in [1.165, 1.54) is 48.5 Å². The van der Waals surface area contributed by atoms with E-state index < -0.39 is 49.1 Å². The number of hydrogen-bond donors (Lipinski definition) is 0. The fourth-order valence-corrected chi connectivity index (χ4v) is 5.41. The molecule has 1 fully saturated rings. The van der Waals surface area contributed by atoms with E-state index in [0.29, 0.717) is 4.90 Å². The number of nitro groups is 2. The quantitative estimate of drug-likeness (QED) is 0.127. The van der Waals surface area contributed by atoms with E-state index in [2.05, 4.69) is 0 Å². The number of hydrogen-bond acceptors (Lipinski definition) is 10. The van der Waals surface area contributed by atoms with Crippen LogP contribution in [-0.2, 0) is 30.2 Å². The van der Waals surface area contributed by atoms with E-state index in [0.717, 1.165) is 5.46 Å². The number of non-ortho nitro benzene ring substituents is 2. The molecule has 16 heteroatoms. The molecule has 1 atom stereocenters. The van der Waals surface area contributed by atoms with Crippen molar-refractivity contribution in [3.05, 3.63) is 129 Å². The van der Waals surface area contributed by atoms with Crippen LogP contribution >= 0.6 is 0 Å². The molecule has 46 heavy (non-hydrogen) atoms. The summed E-state index contributed by atoms with van der Waals surface area (Å²) >= 11 is -2.08. The smallest absolute Gasteiger partial charge is 0.768 e. The van der Waals surface area contributed by atoms with Crippen molar-refractivity contribution in [2.75, 3.05) is 0 Å². The zero-order valence-corrected chi connectivity index (χ0v) is 29.4. The summed E-state index contributed by atoms with van der Waals surface area (Å²) in [5, 5.41) is 21.1. The van der Waals surface area contributed by atoms with Gasteiger partial charge in [-0.2, -0.15) is 0 Å². The molecule has 1 heterocycles. The van der Waals surface area contributed by atoms with E-state index in [1.807, 2.05) is 27.7 Å². The van der Waals surface area contributed by atoms with Gasteiger partial charge in [-0.25, -0.2) is 8.42 Å². The van der Waals surface area contributed by atoms with Gasteiger partial charge in [0.05, 0.1) is 30.8 Å². The van der Waals surface area contributed by atoms with E-state index in [1.54, 1.807) is 60.7 Å². The molecule has 12 nitrogen and oxygen atoms in total. The third-order valence-electron chi connectivity index (χ3n) is 6.98. The van der Waals surface area contributed by atoms with Crippen molar-refractivity contribution in [3.63, 3.8) is 0 Å². The topological polar surface area (TPSA) is 179 Å². The largest absolute Gasteiger partial charge is 1.00 e. The van der Waals surface area contributed by atoms with Crippen LogP contribution in [0.5, 0.6) is 0 Å². The molecule has 4 aromatic carbocycles. The number of nitro benzene ring substituents is 2. The Morgan fingerprint density at radius 1 is 0.652 bits per heavy atom. The normalized spacial score (nSPS) is 15.1. The van der Waals surface area contributed by atoms with Gasteiger partial charge in [0.15, 0.2) is 0 Å². The van der Waals surface area contributed by atoms with Gasteiger partial charge in [0.1, 0.15) is 0 Å². The van der Waals surface area contributed by atoms with E-state index in [4.69, 9.17) is 9.31 Å².